The second-order valence-electron chi connectivity index (χ2n) is 5.03. The van der Waals surface area contributed by atoms with Gasteiger partial charge in [-0.3, -0.25) is 4.79 Å². The van der Waals surface area contributed by atoms with Crippen LogP contribution in [0.1, 0.15) is 39.0 Å². The van der Waals surface area contributed by atoms with E-state index in [1.807, 2.05) is 0 Å². The molecular formula is C12H19NO4. The van der Waals surface area contributed by atoms with Crippen LogP contribution in [0.2, 0.25) is 0 Å². The van der Waals surface area contributed by atoms with Crippen LogP contribution in [0.15, 0.2) is 0 Å². The summed E-state index contributed by atoms with van der Waals surface area (Å²) in [6.45, 7) is 2.93. The summed E-state index contributed by atoms with van der Waals surface area (Å²) in [6.07, 6.45) is 3.28. The van der Waals surface area contributed by atoms with E-state index in [0.29, 0.717) is 19.5 Å². The van der Waals surface area contributed by atoms with Gasteiger partial charge in [-0.2, -0.15) is 0 Å². The zero-order valence-corrected chi connectivity index (χ0v) is 10.1. The molecule has 2 aliphatic heterocycles. The smallest absolute Gasteiger partial charge is 0.332 e. The molecule has 0 aliphatic carbocycles. The quantitative estimate of drug-likeness (QED) is 0.744. The maximum Gasteiger partial charge on any atom is 0.332 e. The number of carbonyl (C=O) groups is 2. The SMILES string of the molecule is CC(=O)N1CCC2(CCCC(C(=O)O)O2)CC1. The minimum atomic E-state index is -0.863. The Hall–Kier alpha value is -1.10. The van der Waals surface area contributed by atoms with Crippen molar-refractivity contribution in [1.82, 2.24) is 4.90 Å². The molecule has 2 fully saturated rings. The molecule has 5 heteroatoms. The van der Waals surface area contributed by atoms with Crippen molar-refractivity contribution in [3.8, 4) is 0 Å². The topological polar surface area (TPSA) is 66.8 Å². The normalized spacial score (nSPS) is 28.1. The Morgan fingerprint density at radius 2 is 1.94 bits per heavy atom. The Kier molecular flexibility index (Phi) is 3.38. The van der Waals surface area contributed by atoms with Crippen molar-refractivity contribution in [3.63, 3.8) is 0 Å². The first-order valence-electron chi connectivity index (χ1n) is 6.19. The van der Waals surface area contributed by atoms with Gasteiger partial charge in [-0.1, -0.05) is 0 Å². The molecule has 0 aromatic rings. The van der Waals surface area contributed by atoms with E-state index in [4.69, 9.17) is 9.84 Å². The number of rotatable bonds is 1. The Bertz CT molecular complexity index is 320. The molecule has 0 bridgehead atoms. The summed E-state index contributed by atoms with van der Waals surface area (Å²) < 4.78 is 5.77. The molecule has 96 valence electrons. The standard InChI is InChI=1S/C12H19NO4/c1-9(14)13-7-5-12(6-8-13)4-2-3-10(17-12)11(15)16/h10H,2-8H2,1H3,(H,15,16). The average molecular weight is 241 g/mol. The van der Waals surface area contributed by atoms with E-state index in [1.165, 1.54) is 0 Å². The van der Waals surface area contributed by atoms with Gasteiger partial charge in [0.15, 0.2) is 6.10 Å². The number of hydrogen-bond acceptors (Lipinski definition) is 3. The monoisotopic (exact) mass is 241 g/mol. The van der Waals surface area contributed by atoms with Gasteiger partial charge >= 0.3 is 5.97 Å². The number of nitrogens with zero attached hydrogens (tertiary/aromatic N) is 1. The number of aliphatic carboxylic acids is 1. The minimum Gasteiger partial charge on any atom is -0.479 e. The number of piperidine rings is 1. The zero-order chi connectivity index (χ0) is 12.5. The van der Waals surface area contributed by atoms with Crippen LogP contribution in [0.4, 0.5) is 0 Å². The first-order valence-corrected chi connectivity index (χ1v) is 6.19. The summed E-state index contributed by atoms with van der Waals surface area (Å²) in [5, 5.41) is 9.00. The van der Waals surface area contributed by atoms with E-state index in [-0.39, 0.29) is 11.5 Å². The largest absolute Gasteiger partial charge is 0.479 e. The Morgan fingerprint density at radius 1 is 1.29 bits per heavy atom. The third-order valence-electron chi connectivity index (χ3n) is 3.89. The van der Waals surface area contributed by atoms with E-state index in [9.17, 15) is 9.59 Å². The molecule has 0 aromatic carbocycles. The van der Waals surface area contributed by atoms with Crippen LogP contribution >= 0.6 is 0 Å². The molecule has 1 spiro atoms. The lowest BCUT2D eigenvalue weighted by Gasteiger charge is -2.45. The van der Waals surface area contributed by atoms with Gasteiger partial charge < -0.3 is 14.7 Å². The number of carboxylic acid groups (broad SMARTS) is 1. The zero-order valence-electron chi connectivity index (χ0n) is 10.1. The fourth-order valence-electron chi connectivity index (χ4n) is 2.80. The lowest BCUT2D eigenvalue weighted by atomic mass is 9.83. The van der Waals surface area contributed by atoms with Gasteiger partial charge in [0.05, 0.1) is 5.60 Å². The fourth-order valence-corrected chi connectivity index (χ4v) is 2.80. The van der Waals surface area contributed by atoms with Crippen molar-refractivity contribution in [2.75, 3.05) is 13.1 Å². The molecule has 2 saturated heterocycles. The van der Waals surface area contributed by atoms with Gasteiger partial charge in [0.25, 0.3) is 0 Å². The third-order valence-corrected chi connectivity index (χ3v) is 3.89. The Balaban J connectivity index is 1.97. The molecule has 0 saturated carbocycles. The molecule has 17 heavy (non-hydrogen) atoms. The molecule has 0 radical (unpaired) electrons. The van der Waals surface area contributed by atoms with Gasteiger partial charge in [0.2, 0.25) is 5.91 Å². The van der Waals surface area contributed by atoms with Crippen molar-refractivity contribution in [1.29, 1.82) is 0 Å². The van der Waals surface area contributed by atoms with E-state index in [1.54, 1.807) is 11.8 Å². The van der Waals surface area contributed by atoms with Crippen LogP contribution in [0, 0.1) is 0 Å². The molecule has 2 aliphatic rings. The lowest BCUT2D eigenvalue weighted by molar-refractivity contribution is -0.185. The molecule has 1 atom stereocenters. The van der Waals surface area contributed by atoms with E-state index in [2.05, 4.69) is 0 Å². The Morgan fingerprint density at radius 3 is 2.47 bits per heavy atom. The van der Waals surface area contributed by atoms with Crippen molar-refractivity contribution >= 4 is 11.9 Å². The molecule has 2 heterocycles. The van der Waals surface area contributed by atoms with Crippen LogP contribution in [0.5, 0.6) is 0 Å². The molecule has 0 aromatic heterocycles. The second-order valence-corrected chi connectivity index (χ2v) is 5.03. The summed E-state index contributed by atoms with van der Waals surface area (Å²) >= 11 is 0. The molecule has 5 nitrogen and oxygen atoms in total. The summed E-state index contributed by atoms with van der Waals surface area (Å²) in [7, 11) is 0. The van der Waals surface area contributed by atoms with Crippen molar-refractivity contribution < 1.29 is 19.4 Å². The minimum absolute atomic E-state index is 0.0884. The Labute approximate surface area is 101 Å². The van der Waals surface area contributed by atoms with E-state index < -0.39 is 12.1 Å². The molecular weight excluding hydrogens is 222 g/mol. The van der Waals surface area contributed by atoms with Crippen LogP contribution in [0.25, 0.3) is 0 Å². The number of amides is 1. The molecule has 1 N–H and O–H groups in total. The molecule has 1 amide bonds. The summed E-state index contributed by atoms with van der Waals surface area (Å²) in [4.78, 5) is 24.0. The van der Waals surface area contributed by atoms with Crippen molar-refractivity contribution in [3.05, 3.63) is 0 Å². The van der Waals surface area contributed by atoms with Gasteiger partial charge in [0.1, 0.15) is 0 Å². The fraction of sp³-hybridized carbons (Fsp3) is 0.833. The summed E-state index contributed by atoms with van der Waals surface area (Å²) in [5.41, 5.74) is -0.298. The van der Waals surface area contributed by atoms with E-state index in [0.717, 1.165) is 25.7 Å². The second kappa shape index (κ2) is 4.64. The highest BCUT2D eigenvalue weighted by atomic mass is 16.5. The van der Waals surface area contributed by atoms with E-state index >= 15 is 0 Å². The summed E-state index contributed by atoms with van der Waals surface area (Å²) in [6, 6.07) is 0. The number of likely N-dealkylation sites (tertiary alicyclic amines) is 1. The van der Waals surface area contributed by atoms with Gasteiger partial charge in [-0.15, -0.1) is 0 Å². The summed E-state index contributed by atoms with van der Waals surface area (Å²) in [5.74, 6) is -0.775. The molecule has 1 unspecified atom stereocenters. The van der Waals surface area contributed by atoms with Crippen LogP contribution in [0.3, 0.4) is 0 Å². The molecule has 2 rings (SSSR count). The lowest BCUT2D eigenvalue weighted by Crippen LogP contribution is -2.51. The first-order chi connectivity index (χ1) is 8.02. The maximum atomic E-state index is 11.2. The number of hydrogen-bond donors (Lipinski definition) is 1. The number of carboxylic acids is 1. The van der Waals surface area contributed by atoms with Crippen LogP contribution in [-0.2, 0) is 14.3 Å². The number of carbonyl (C=O) groups excluding carboxylic acids is 1. The maximum absolute atomic E-state index is 11.2. The first kappa shape index (κ1) is 12.4. The van der Waals surface area contributed by atoms with Crippen molar-refractivity contribution in [2.24, 2.45) is 0 Å². The van der Waals surface area contributed by atoms with Crippen LogP contribution in [-0.4, -0.2) is 46.7 Å². The predicted molar refractivity (Wildman–Crippen MR) is 60.6 cm³/mol. The van der Waals surface area contributed by atoms with Gasteiger partial charge in [0, 0.05) is 20.0 Å². The predicted octanol–water partition coefficient (Wildman–Crippen LogP) is 1.02. The van der Waals surface area contributed by atoms with Crippen molar-refractivity contribution in [2.45, 2.75) is 50.7 Å². The third kappa shape index (κ3) is 2.60. The van der Waals surface area contributed by atoms with Gasteiger partial charge in [-0.25, -0.2) is 4.79 Å². The average Bonchev–Trinajstić information content (AvgIpc) is 2.29. The number of ether oxygens (including phenoxy) is 1. The van der Waals surface area contributed by atoms with Gasteiger partial charge in [-0.05, 0) is 32.1 Å². The highest BCUT2D eigenvalue weighted by molar-refractivity contribution is 5.73. The highest BCUT2D eigenvalue weighted by Crippen LogP contribution is 2.37. The highest BCUT2D eigenvalue weighted by Gasteiger charge is 2.42. The van der Waals surface area contributed by atoms with Crippen LogP contribution < -0.4 is 0 Å².